The molecule has 0 unspecified atom stereocenters. The van der Waals surface area contributed by atoms with Crippen molar-refractivity contribution in [3.05, 3.63) is 47.5 Å². The highest BCUT2D eigenvalue weighted by Crippen LogP contribution is 2.21. The zero-order chi connectivity index (χ0) is 14.8. The molecule has 1 aromatic heterocycles. The lowest BCUT2D eigenvalue weighted by Gasteiger charge is -2.07. The highest BCUT2D eigenvalue weighted by atomic mass is 35.5. The van der Waals surface area contributed by atoms with E-state index in [1.165, 1.54) is 18.5 Å². The number of sulfone groups is 1. The van der Waals surface area contributed by atoms with Crippen LogP contribution in [0.15, 0.2) is 41.8 Å². The number of hydrogen-bond donors (Lipinski definition) is 1. The minimum absolute atomic E-state index is 0.00561. The molecular formula is C12H11ClN2O4S. The maximum atomic E-state index is 12.1. The number of hydrogen-bond acceptors (Lipinski definition) is 4. The Morgan fingerprint density at radius 1 is 1.40 bits per heavy atom. The summed E-state index contributed by atoms with van der Waals surface area (Å²) < 4.78 is 25.9. The maximum Gasteiger partial charge on any atom is 0.337 e. The van der Waals surface area contributed by atoms with Crippen molar-refractivity contribution in [1.29, 1.82) is 0 Å². The molecule has 0 saturated heterocycles. The molecule has 1 heterocycles. The van der Waals surface area contributed by atoms with Gasteiger partial charge in [-0.1, -0.05) is 11.6 Å². The van der Waals surface area contributed by atoms with Gasteiger partial charge < -0.3 is 9.67 Å². The average molecular weight is 315 g/mol. The van der Waals surface area contributed by atoms with Crippen LogP contribution < -0.4 is 0 Å². The van der Waals surface area contributed by atoms with Gasteiger partial charge in [-0.25, -0.2) is 18.2 Å². The predicted molar refractivity (Wildman–Crippen MR) is 72.7 cm³/mol. The van der Waals surface area contributed by atoms with Crippen LogP contribution >= 0.6 is 11.6 Å². The zero-order valence-electron chi connectivity index (χ0n) is 10.2. The van der Waals surface area contributed by atoms with Crippen LogP contribution in [0.1, 0.15) is 10.4 Å². The number of carboxylic acid groups (broad SMARTS) is 1. The summed E-state index contributed by atoms with van der Waals surface area (Å²) in [7, 11) is -3.58. The van der Waals surface area contributed by atoms with Gasteiger partial charge in [0.05, 0.1) is 27.6 Å². The van der Waals surface area contributed by atoms with E-state index in [9.17, 15) is 13.2 Å². The Bertz CT molecular complexity index is 726. The van der Waals surface area contributed by atoms with E-state index in [0.29, 0.717) is 0 Å². The Kier molecular flexibility index (Phi) is 4.10. The lowest BCUT2D eigenvalue weighted by Crippen LogP contribution is -2.13. The number of nitrogens with zero attached hydrogens (tertiary/aromatic N) is 2. The van der Waals surface area contributed by atoms with E-state index in [-0.39, 0.29) is 27.8 Å². The van der Waals surface area contributed by atoms with Crippen LogP contribution in [-0.4, -0.2) is 34.8 Å². The number of carbonyl (C=O) groups is 1. The Morgan fingerprint density at radius 2 is 2.15 bits per heavy atom. The van der Waals surface area contributed by atoms with E-state index < -0.39 is 15.8 Å². The van der Waals surface area contributed by atoms with Crippen molar-refractivity contribution in [2.75, 3.05) is 5.75 Å². The van der Waals surface area contributed by atoms with Gasteiger partial charge in [0.2, 0.25) is 0 Å². The number of imidazole rings is 1. The van der Waals surface area contributed by atoms with Gasteiger partial charge in [-0.15, -0.1) is 0 Å². The van der Waals surface area contributed by atoms with Crippen molar-refractivity contribution in [3.63, 3.8) is 0 Å². The SMILES string of the molecule is O=C(O)c1cc(S(=O)(=O)CCn2ccnc2)ccc1Cl. The quantitative estimate of drug-likeness (QED) is 0.907. The van der Waals surface area contributed by atoms with Crippen LogP contribution in [0, 0.1) is 0 Å². The number of rotatable bonds is 5. The highest BCUT2D eigenvalue weighted by molar-refractivity contribution is 7.91. The number of carboxylic acids is 1. The van der Waals surface area contributed by atoms with Crippen molar-refractivity contribution < 1.29 is 18.3 Å². The zero-order valence-corrected chi connectivity index (χ0v) is 11.8. The molecule has 0 amide bonds. The van der Waals surface area contributed by atoms with Gasteiger partial charge in [-0.2, -0.15) is 0 Å². The monoisotopic (exact) mass is 314 g/mol. The molecule has 0 aliphatic heterocycles. The van der Waals surface area contributed by atoms with Gasteiger partial charge in [-0.3, -0.25) is 0 Å². The average Bonchev–Trinajstić information content (AvgIpc) is 2.89. The third-order valence-electron chi connectivity index (χ3n) is 2.70. The summed E-state index contributed by atoms with van der Waals surface area (Å²) in [5, 5.41) is 8.95. The Labute approximate surface area is 120 Å². The first-order valence-corrected chi connectivity index (χ1v) is 7.64. The topological polar surface area (TPSA) is 89.3 Å². The number of aryl methyl sites for hydroxylation is 1. The molecule has 106 valence electrons. The highest BCUT2D eigenvalue weighted by Gasteiger charge is 2.18. The predicted octanol–water partition coefficient (Wildman–Crippen LogP) is 1.71. The fourth-order valence-corrected chi connectivity index (χ4v) is 3.08. The third kappa shape index (κ3) is 3.17. The molecule has 0 bridgehead atoms. The molecule has 0 saturated carbocycles. The van der Waals surface area contributed by atoms with Crippen LogP contribution in [0.2, 0.25) is 5.02 Å². The summed E-state index contributed by atoms with van der Waals surface area (Å²) in [6.45, 7) is 0.243. The summed E-state index contributed by atoms with van der Waals surface area (Å²) in [6.07, 6.45) is 4.72. The van der Waals surface area contributed by atoms with E-state index in [1.807, 2.05) is 0 Å². The molecule has 0 aliphatic rings. The van der Waals surface area contributed by atoms with Crippen LogP contribution in [0.25, 0.3) is 0 Å². The molecule has 2 aromatic rings. The molecule has 6 nitrogen and oxygen atoms in total. The molecule has 0 fully saturated rings. The number of halogens is 1. The molecule has 0 spiro atoms. The van der Waals surface area contributed by atoms with Gasteiger partial charge in [0, 0.05) is 18.9 Å². The Hall–Kier alpha value is -1.86. The molecule has 8 heteroatoms. The first-order chi connectivity index (χ1) is 9.40. The second kappa shape index (κ2) is 5.64. The molecule has 20 heavy (non-hydrogen) atoms. The van der Waals surface area contributed by atoms with Crippen LogP contribution in [0.5, 0.6) is 0 Å². The molecular weight excluding hydrogens is 304 g/mol. The lowest BCUT2D eigenvalue weighted by molar-refractivity contribution is 0.0697. The fraction of sp³-hybridized carbons (Fsp3) is 0.167. The second-order valence-corrected chi connectivity index (χ2v) is 6.58. The summed E-state index contributed by atoms with van der Waals surface area (Å²) in [5.41, 5.74) is -0.227. The number of benzene rings is 1. The van der Waals surface area contributed by atoms with E-state index >= 15 is 0 Å². The van der Waals surface area contributed by atoms with E-state index in [0.717, 1.165) is 6.07 Å². The van der Waals surface area contributed by atoms with Crippen LogP contribution in [0.4, 0.5) is 0 Å². The summed E-state index contributed by atoms with van der Waals surface area (Å²) in [4.78, 5) is 14.7. The summed E-state index contributed by atoms with van der Waals surface area (Å²) in [6, 6.07) is 3.65. The molecule has 0 atom stereocenters. The third-order valence-corrected chi connectivity index (χ3v) is 4.73. The first kappa shape index (κ1) is 14.5. The maximum absolute atomic E-state index is 12.1. The molecule has 1 N–H and O–H groups in total. The van der Waals surface area contributed by atoms with Crippen molar-refractivity contribution in [2.45, 2.75) is 11.4 Å². The number of aromatic nitrogens is 2. The molecule has 2 rings (SSSR count). The fourth-order valence-electron chi connectivity index (χ4n) is 1.62. The van der Waals surface area contributed by atoms with Crippen LogP contribution in [0.3, 0.4) is 0 Å². The minimum atomic E-state index is -3.58. The molecule has 1 aromatic carbocycles. The van der Waals surface area contributed by atoms with Crippen molar-refractivity contribution in [2.24, 2.45) is 0 Å². The van der Waals surface area contributed by atoms with E-state index in [2.05, 4.69) is 4.98 Å². The van der Waals surface area contributed by atoms with Gasteiger partial charge in [0.15, 0.2) is 9.84 Å². The van der Waals surface area contributed by atoms with Crippen molar-refractivity contribution in [1.82, 2.24) is 9.55 Å². The normalized spacial score (nSPS) is 11.4. The van der Waals surface area contributed by atoms with E-state index in [4.69, 9.17) is 16.7 Å². The largest absolute Gasteiger partial charge is 0.478 e. The van der Waals surface area contributed by atoms with Crippen molar-refractivity contribution in [3.8, 4) is 0 Å². The molecule has 0 aliphatic carbocycles. The standard InChI is InChI=1S/C12H11ClN2O4S/c13-11-2-1-9(7-10(11)12(16)17)20(18,19)6-5-15-4-3-14-8-15/h1-4,7-8H,5-6H2,(H,16,17). The first-order valence-electron chi connectivity index (χ1n) is 5.61. The van der Waals surface area contributed by atoms with Gasteiger partial charge in [0.1, 0.15) is 0 Å². The van der Waals surface area contributed by atoms with Crippen LogP contribution in [-0.2, 0) is 16.4 Å². The van der Waals surface area contributed by atoms with Gasteiger partial charge in [-0.05, 0) is 18.2 Å². The molecule has 0 radical (unpaired) electrons. The van der Waals surface area contributed by atoms with E-state index in [1.54, 1.807) is 17.0 Å². The lowest BCUT2D eigenvalue weighted by atomic mass is 10.2. The number of aromatic carboxylic acids is 1. The summed E-state index contributed by atoms with van der Waals surface area (Å²) in [5.74, 6) is -1.41. The Morgan fingerprint density at radius 3 is 2.75 bits per heavy atom. The van der Waals surface area contributed by atoms with Gasteiger partial charge >= 0.3 is 5.97 Å². The van der Waals surface area contributed by atoms with Gasteiger partial charge in [0.25, 0.3) is 0 Å². The second-order valence-electron chi connectivity index (χ2n) is 4.07. The minimum Gasteiger partial charge on any atom is -0.478 e. The summed E-state index contributed by atoms with van der Waals surface area (Å²) >= 11 is 5.71. The Balaban J connectivity index is 2.25. The smallest absolute Gasteiger partial charge is 0.337 e. The van der Waals surface area contributed by atoms with Crippen molar-refractivity contribution >= 4 is 27.4 Å².